The van der Waals surface area contributed by atoms with Gasteiger partial charge in [-0.3, -0.25) is 0 Å². The van der Waals surface area contributed by atoms with Crippen molar-refractivity contribution in [1.82, 2.24) is 4.72 Å². The molecule has 1 rings (SSSR count). The average Bonchev–Trinajstić information content (AvgIpc) is 2.28. The first-order valence-corrected chi connectivity index (χ1v) is 6.83. The van der Waals surface area contributed by atoms with Crippen LogP contribution in [0.4, 0.5) is 5.69 Å². The highest BCUT2D eigenvalue weighted by Crippen LogP contribution is 2.23. The van der Waals surface area contributed by atoms with Gasteiger partial charge in [-0.1, -0.05) is 0 Å². The lowest BCUT2D eigenvalue weighted by Crippen LogP contribution is -2.22. The van der Waals surface area contributed by atoms with E-state index in [2.05, 4.69) is 10.0 Å². The second-order valence-electron chi connectivity index (χ2n) is 4.02. The number of carbonyl (C=O) groups is 1. The number of carboxylic acid groups (broad SMARTS) is 1. The molecule has 6 nitrogen and oxygen atoms in total. The van der Waals surface area contributed by atoms with Crippen LogP contribution in [0.3, 0.4) is 0 Å². The second-order valence-corrected chi connectivity index (χ2v) is 5.88. The highest BCUT2D eigenvalue weighted by Gasteiger charge is 2.19. The first kappa shape index (κ1) is 14.5. The summed E-state index contributed by atoms with van der Waals surface area (Å²) in [6, 6.07) is 3.99. The van der Waals surface area contributed by atoms with Crippen molar-refractivity contribution in [2.75, 3.05) is 12.4 Å². The molecule has 0 atom stereocenters. The van der Waals surface area contributed by atoms with Crippen molar-refractivity contribution < 1.29 is 18.3 Å². The van der Waals surface area contributed by atoms with Crippen LogP contribution in [0, 0.1) is 0 Å². The lowest BCUT2D eigenvalue weighted by molar-refractivity contribution is 0.0696. The maximum absolute atomic E-state index is 11.8. The molecule has 0 fully saturated rings. The number of aromatic carboxylic acids is 1. The van der Waals surface area contributed by atoms with Gasteiger partial charge < -0.3 is 10.4 Å². The van der Waals surface area contributed by atoms with Crippen LogP contribution in [0.1, 0.15) is 24.2 Å². The van der Waals surface area contributed by atoms with Crippen LogP contribution in [0.5, 0.6) is 0 Å². The van der Waals surface area contributed by atoms with E-state index in [-0.39, 0.29) is 16.5 Å². The molecule has 0 aliphatic rings. The minimum Gasteiger partial charge on any atom is -0.478 e. The Kier molecular flexibility index (Phi) is 4.31. The standard InChI is InChI=1S/C11H16N2O4S/c1-7(2)13-9-5-4-8(11(14)15)6-10(9)18(16,17)12-3/h4-7,12-13H,1-3H3,(H,14,15). The van der Waals surface area contributed by atoms with Crippen LogP contribution in [-0.4, -0.2) is 32.6 Å². The molecule has 0 saturated heterocycles. The molecule has 3 N–H and O–H groups in total. The number of anilines is 1. The van der Waals surface area contributed by atoms with E-state index in [0.29, 0.717) is 5.69 Å². The zero-order valence-corrected chi connectivity index (χ0v) is 11.2. The fourth-order valence-electron chi connectivity index (χ4n) is 1.42. The maximum atomic E-state index is 11.8. The Balaban J connectivity index is 3.40. The lowest BCUT2D eigenvalue weighted by atomic mass is 10.2. The number of benzene rings is 1. The first-order chi connectivity index (χ1) is 8.27. The Bertz CT molecular complexity index is 552. The normalized spacial score (nSPS) is 11.6. The molecule has 0 heterocycles. The molecule has 1 aromatic carbocycles. The Labute approximate surface area is 106 Å². The summed E-state index contributed by atoms with van der Waals surface area (Å²) in [4.78, 5) is 10.8. The zero-order valence-electron chi connectivity index (χ0n) is 10.4. The highest BCUT2D eigenvalue weighted by molar-refractivity contribution is 7.89. The molecule has 0 radical (unpaired) electrons. The van der Waals surface area contributed by atoms with Gasteiger partial charge in [-0.25, -0.2) is 17.9 Å². The molecule has 0 bridgehead atoms. The van der Waals surface area contributed by atoms with Crippen LogP contribution >= 0.6 is 0 Å². The van der Waals surface area contributed by atoms with Gasteiger partial charge in [0.25, 0.3) is 0 Å². The van der Waals surface area contributed by atoms with E-state index in [1.807, 2.05) is 13.8 Å². The first-order valence-electron chi connectivity index (χ1n) is 5.35. The van der Waals surface area contributed by atoms with Gasteiger partial charge >= 0.3 is 5.97 Å². The molecule has 7 heteroatoms. The quantitative estimate of drug-likeness (QED) is 0.746. The van der Waals surface area contributed by atoms with Crippen molar-refractivity contribution >= 4 is 21.7 Å². The Morgan fingerprint density at radius 3 is 2.39 bits per heavy atom. The molecule has 0 unspecified atom stereocenters. The van der Waals surface area contributed by atoms with Crippen molar-refractivity contribution in [3.63, 3.8) is 0 Å². The molecule has 0 spiro atoms. The third-order valence-corrected chi connectivity index (χ3v) is 3.69. The summed E-state index contributed by atoms with van der Waals surface area (Å²) in [7, 11) is -2.43. The lowest BCUT2D eigenvalue weighted by Gasteiger charge is -2.15. The number of rotatable bonds is 5. The number of carboxylic acids is 1. The van der Waals surface area contributed by atoms with Crippen molar-refractivity contribution in [3.8, 4) is 0 Å². The van der Waals surface area contributed by atoms with Gasteiger partial charge in [0, 0.05) is 6.04 Å². The molecule has 1 aromatic rings. The Morgan fingerprint density at radius 1 is 1.33 bits per heavy atom. The van der Waals surface area contributed by atoms with E-state index in [9.17, 15) is 13.2 Å². The number of hydrogen-bond donors (Lipinski definition) is 3. The monoisotopic (exact) mass is 272 g/mol. The fourth-order valence-corrected chi connectivity index (χ4v) is 2.34. The SMILES string of the molecule is CNS(=O)(=O)c1cc(C(=O)O)ccc1NC(C)C. The van der Waals surface area contributed by atoms with E-state index < -0.39 is 16.0 Å². The van der Waals surface area contributed by atoms with Crippen molar-refractivity contribution in [1.29, 1.82) is 0 Å². The zero-order chi connectivity index (χ0) is 13.9. The van der Waals surface area contributed by atoms with E-state index in [4.69, 9.17) is 5.11 Å². The predicted molar refractivity (Wildman–Crippen MR) is 68.4 cm³/mol. The fraction of sp³-hybridized carbons (Fsp3) is 0.364. The van der Waals surface area contributed by atoms with Gasteiger partial charge in [0.05, 0.1) is 11.3 Å². The van der Waals surface area contributed by atoms with Gasteiger partial charge in [-0.05, 0) is 39.1 Å². The van der Waals surface area contributed by atoms with Crippen LogP contribution in [-0.2, 0) is 10.0 Å². The van der Waals surface area contributed by atoms with Crippen LogP contribution in [0.25, 0.3) is 0 Å². The summed E-state index contributed by atoms with van der Waals surface area (Å²) >= 11 is 0. The topological polar surface area (TPSA) is 95.5 Å². The minimum atomic E-state index is -3.71. The summed E-state index contributed by atoms with van der Waals surface area (Å²) in [5, 5.41) is 11.9. The van der Waals surface area contributed by atoms with E-state index in [1.54, 1.807) is 0 Å². The molecular weight excluding hydrogens is 256 g/mol. The van der Waals surface area contributed by atoms with Crippen molar-refractivity contribution in [3.05, 3.63) is 23.8 Å². The van der Waals surface area contributed by atoms with Gasteiger partial charge in [0.15, 0.2) is 0 Å². The summed E-state index contributed by atoms with van der Waals surface area (Å²) in [6.07, 6.45) is 0. The van der Waals surface area contributed by atoms with E-state index >= 15 is 0 Å². The van der Waals surface area contributed by atoms with Gasteiger partial charge in [-0.15, -0.1) is 0 Å². The molecule has 18 heavy (non-hydrogen) atoms. The molecule has 0 aliphatic heterocycles. The molecule has 0 amide bonds. The van der Waals surface area contributed by atoms with Crippen molar-refractivity contribution in [2.24, 2.45) is 0 Å². The number of sulfonamides is 1. The number of hydrogen-bond acceptors (Lipinski definition) is 4. The van der Waals surface area contributed by atoms with Gasteiger partial charge in [0.2, 0.25) is 10.0 Å². The largest absolute Gasteiger partial charge is 0.478 e. The smallest absolute Gasteiger partial charge is 0.335 e. The van der Waals surface area contributed by atoms with Crippen molar-refractivity contribution in [2.45, 2.75) is 24.8 Å². The molecule has 100 valence electrons. The summed E-state index contributed by atoms with van der Waals surface area (Å²) < 4.78 is 25.8. The number of nitrogens with one attached hydrogen (secondary N) is 2. The summed E-state index contributed by atoms with van der Waals surface area (Å²) in [5.74, 6) is -1.17. The van der Waals surface area contributed by atoms with Crippen LogP contribution in [0.2, 0.25) is 0 Å². The summed E-state index contributed by atoms with van der Waals surface area (Å²) in [5.41, 5.74) is 0.308. The molecule has 0 aliphatic carbocycles. The highest BCUT2D eigenvalue weighted by atomic mass is 32.2. The minimum absolute atomic E-state index is 0.0338. The Hall–Kier alpha value is -1.60. The van der Waals surface area contributed by atoms with E-state index in [1.165, 1.54) is 19.2 Å². The third-order valence-electron chi connectivity index (χ3n) is 2.23. The third kappa shape index (κ3) is 3.21. The molecule has 0 aromatic heterocycles. The second kappa shape index (κ2) is 5.36. The van der Waals surface area contributed by atoms with Crippen LogP contribution < -0.4 is 10.0 Å². The van der Waals surface area contributed by atoms with Crippen LogP contribution in [0.15, 0.2) is 23.1 Å². The van der Waals surface area contributed by atoms with E-state index in [0.717, 1.165) is 6.07 Å². The summed E-state index contributed by atoms with van der Waals surface area (Å²) in [6.45, 7) is 3.72. The van der Waals surface area contributed by atoms with Gasteiger partial charge in [0.1, 0.15) is 4.90 Å². The predicted octanol–water partition coefficient (Wildman–Crippen LogP) is 1.11. The maximum Gasteiger partial charge on any atom is 0.335 e. The average molecular weight is 272 g/mol. The van der Waals surface area contributed by atoms with Gasteiger partial charge in [-0.2, -0.15) is 0 Å². The Morgan fingerprint density at radius 2 is 1.94 bits per heavy atom. The molecule has 0 saturated carbocycles. The molecular formula is C11H16N2O4S.